The van der Waals surface area contributed by atoms with Gasteiger partial charge in [0.25, 0.3) is 0 Å². The third-order valence-electron chi connectivity index (χ3n) is 5.31. The van der Waals surface area contributed by atoms with E-state index >= 15 is 0 Å². The summed E-state index contributed by atoms with van der Waals surface area (Å²) in [4.78, 5) is 39.4. The predicted molar refractivity (Wildman–Crippen MR) is 113 cm³/mol. The van der Waals surface area contributed by atoms with E-state index in [1.54, 1.807) is 50.5 Å². The Bertz CT molecular complexity index is 1180. The van der Waals surface area contributed by atoms with E-state index in [9.17, 15) is 9.59 Å². The van der Waals surface area contributed by atoms with Gasteiger partial charge in [-0.15, -0.1) is 0 Å². The van der Waals surface area contributed by atoms with E-state index in [4.69, 9.17) is 10.3 Å². The molecule has 0 saturated heterocycles. The van der Waals surface area contributed by atoms with Crippen molar-refractivity contribution in [1.29, 1.82) is 0 Å². The number of aliphatic imine (C=N–C) groups is 1. The van der Waals surface area contributed by atoms with E-state index in [1.165, 1.54) is 4.90 Å². The average molecular weight is 418 g/mol. The predicted octanol–water partition coefficient (Wildman–Crippen LogP) is 2.26. The fourth-order valence-corrected chi connectivity index (χ4v) is 3.44. The number of aromatic nitrogens is 3. The molecular formula is C22H22N6O3. The Morgan fingerprint density at radius 2 is 2.00 bits per heavy atom. The average Bonchev–Trinajstić information content (AvgIpc) is 3.18. The summed E-state index contributed by atoms with van der Waals surface area (Å²) in [5.41, 5.74) is 7.76. The number of guanidine groups is 1. The molecular weight excluding hydrogens is 396 g/mol. The number of carbonyl (C=O) groups is 2. The van der Waals surface area contributed by atoms with Crippen molar-refractivity contribution in [3.63, 3.8) is 0 Å². The number of carbonyl (C=O) groups excluding carboxylic acids is 2. The molecule has 0 radical (unpaired) electrons. The summed E-state index contributed by atoms with van der Waals surface area (Å²) in [6, 6.07) is 10.7. The molecule has 0 fully saturated rings. The largest absolute Gasteiger partial charge is 0.369 e. The Balaban J connectivity index is 1.53. The molecule has 0 saturated carbocycles. The van der Waals surface area contributed by atoms with Crippen LogP contribution in [0.2, 0.25) is 0 Å². The van der Waals surface area contributed by atoms with Gasteiger partial charge in [0, 0.05) is 37.7 Å². The van der Waals surface area contributed by atoms with Gasteiger partial charge in [0.2, 0.25) is 17.6 Å². The van der Waals surface area contributed by atoms with Crippen molar-refractivity contribution in [2.75, 3.05) is 7.05 Å². The zero-order chi connectivity index (χ0) is 22.2. The summed E-state index contributed by atoms with van der Waals surface area (Å²) in [7, 11) is 1.59. The Morgan fingerprint density at radius 1 is 1.26 bits per heavy atom. The van der Waals surface area contributed by atoms with E-state index in [0.29, 0.717) is 23.0 Å². The molecule has 4 rings (SSSR count). The second-order valence-electron chi connectivity index (χ2n) is 7.74. The van der Waals surface area contributed by atoms with Gasteiger partial charge in [0.15, 0.2) is 11.7 Å². The highest BCUT2D eigenvalue weighted by atomic mass is 16.5. The van der Waals surface area contributed by atoms with Gasteiger partial charge in [0.05, 0.1) is 12.1 Å². The topological polar surface area (TPSA) is 128 Å². The van der Waals surface area contributed by atoms with Gasteiger partial charge in [0.1, 0.15) is 5.54 Å². The van der Waals surface area contributed by atoms with Crippen LogP contribution in [0.25, 0.3) is 11.4 Å². The number of aryl methyl sites for hydroxylation is 1. The van der Waals surface area contributed by atoms with Crippen LogP contribution in [0.3, 0.4) is 0 Å². The number of hydrogen-bond acceptors (Lipinski definition) is 8. The maximum absolute atomic E-state index is 12.8. The van der Waals surface area contributed by atoms with Gasteiger partial charge in [-0.05, 0) is 24.6 Å². The molecule has 3 aromatic rings. The molecule has 9 heteroatoms. The van der Waals surface area contributed by atoms with Crippen molar-refractivity contribution in [2.45, 2.75) is 32.2 Å². The fraction of sp³-hybridized carbons (Fsp3) is 0.273. The number of hydrogen-bond donors (Lipinski definition) is 1. The van der Waals surface area contributed by atoms with Crippen LogP contribution in [-0.4, -0.2) is 44.7 Å². The number of pyridine rings is 1. The lowest BCUT2D eigenvalue weighted by atomic mass is 9.90. The Labute approximate surface area is 179 Å². The third kappa shape index (κ3) is 4.07. The lowest BCUT2D eigenvalue weighted by Gasteiger charge is -2.32. The van der Waals surface area contributed by atoms with Crippen molar-refractivity contribution < 1.29 is 14.1 Å². The summed E-state index contributed by atoms with van der Waals surface area (Å²) in [6.45, 7) is 3.54. The molecule has 158 valence electrons. The zero-order valence-electron chi connectivity index (χ0n) is 17.5. The minimum Gasteiger partial charge on any atom is -0.369 e. The third-order valence-corrected chi connectivity index (χ3v) is 5.31. The number of benzene rings is 1. The molecule has 9 nitrogen and oxygen atoms in total. The van der Waals surface area contributed by atoms with Crippen LogP contribution in [-0.2, 0) is 16.8 Å². The summed E-state index contributed by atoms with van der Waals surface area (Å²) >= 11 is 0. The SMILES string of the molecule is Cc1nc(-c2ccc(C(=O)Cc3ccnc(C4(C)CC(=O)N(C)C(N)=N4)c3)cc2)no1. The van der Waals surface area contributed by atoms with E-state index in [0.717, 1.165) is 11.1 Å². The van der Waals surface area contributed by atoms with Gasteiger partial charge in [-0.2, -0.15) is 4.98 Å². The molecule has 1 aromatic carbocycles. The van der Waals surface area contributed by atoms with Gasteiger partial charge in [-0.25, -0.2) is 4.99 Å². The van der Waals surface area contributed by atoms with Crippen LogP contribution in [0.1, 0.15) is 40.9 Å². The van der Waals surface area contributed by atoms with Gasteiger partial charge >= 0.3 is 0 Å². The number of rotatable bonds is 5. The molecule has 1 atom stereocenters. The molecule has 1 amide bonds. The Morgan fingerprint density at radius 3 is 2.65 bits per heavy atom. The highest BCUT2D eigenvalue weighted by Crippen LogP contribution is 2.32. The maximum atomic E-state index is 12.8. The van der Waals surface area contributed by atoms with Crippen LogP contribution < -0.4 is 5.73 Å². The van der Waals surface area contributed by atoms with Crippen molar-refractivity contribution in [2.24, 2.45) is 10.7 Å². The quantitative estimate of drug-likeness (QED) is 0.629. The molecule has 0 spiro atoms. The summed E-state index contributed by atoms with van der Waals surface area (Å²) in [6.07, 6.45) is 1.98. The lowest BCUT2D eigenvalue weighted by molar-refractivity contribution is -0.128. The number of ketones is 1. The van der Waals surface area contributed by atoms with Crippen molar-refractivity contribution >= 4 is 17.6 Å². The monoisotopic (exact) mass is 418 g/mol. The summed E-state index contributed by atoms with van der Waals surface area (Å²) < 4.78 is 4.99. The normalized spacial score (nSPS) is 18.7. The number of nitrogens with zero attached hydrogens (tertiary/aromatic N) is 5. The molecule has 1 aliphatic rings. The van der Waals surface area contributed by atoms with E-state index < -0.39 is 5.54 Å². The van der Waals surface area contributed by atoms with E-state index in [1.807, 2.05) is 13.0 Å². The molecule has 3 heterocycles. The fourth-order valence-electron chi connectivity index (χ4n) is 3.44. The number of amides is 1. The zero-order valence-corrected chi connectivity index (χ0v) is 17.5. The lowest BCUT2D eigenvalue weighted by Crippen LogP contribution is -2.47. The van der Waals surface area contributed by atoms with Crippen LogP contribution in [0.4, 0.5) is 0 Å². The molecule has 0 aliphatic carbocycles. The highest BCUT2D eigenvalue weighted by Gasteiger charge is 2.37. The Hall–Kier alpha value is -3.88. The van der Waals surface area contributed by atoms with Crippen molar-refractivity contribution in [1.82, 2.24) is 20.0 Å². The molecule has 2 aromatic heterocycles. The number of nitrogens with two attached hydrogens (primary N) is 1. The van der Waals surface area contributed by atoms with Crippen LogP contribution in [0, 0.1) is 6.92 Å². The summed E-state index contributed by atoms with van der Waals surface area (Å²) in [5, 5.41) is 3.88. The minimum absolute atomic E-state index is 0.0411. The van der Waals surface area contributed by atoms with Crippen molar-refractivity contribution in [3.05, 3.63) is 65.3 Å². The second-order valence-corrected chi connectivity index (χ2v) is 7.74. The molecule has 31 heavy (non-hydrogen) atoms. The second kappa shape index (κ2) is 7.75. The molecule has 1 aliphatic heterocycles. The minimum atomic E-state index is -0.864. The highest BCUT2D eigenvalue weighted by molar-refractivity contribution is 5.99. The van der Waals surface area contributed by atoms with E-state index in [-0.39, 0.29) is 30.5 Å². The maximum Gasteiger partial charge on any atom is 0.231 e. The first-order valence-corrected chi connectivity index (χ1v) is 9.76. The molecule has 1 unspecified atom stereocenters. The summed E-state index contributed by atoms with van der Waals surface area (Å²) in [5.74, 6) is 0.945. The molecule has 0 bridgehead atoms. The smallest absolute Gasteiger partial charge is 0.231 e. The van der Waals surface area contributed by atoms with E-state index in [2.05, 4.69) is 20.1 Å². The standard InChI is InChI=1S/C22H22N6O3/c1-13-25-20(27-31-13)16-6-4-15(5-7-16)17(29)10-14-8-9-24-18(11-14)22(2)12-19(30)28(3)21(23)26-22/h4-9,11H,10,12H2,1-3H3,(H2,23,26). The van der Waals surface area contributed by atoms with Gasteiger partial charge in [-0.1, -0.05) is 29.4 Å². The number of Topliss-reactive ketones (excluding diaryl/α,β-unsaturated/α-hetero) is 1. The van der Waals surface area contributed by atoms with Gasteiger partial charge in [-0.3, -0.25) is 19.5 Å². The molecule has 2 N–H and O–H groups in total. The Kier molecular flexibility index (Phi) is 5.10. The van der Waals surface area contributed by atoms with Crippen LogP contribution in [0.15, 0.2) is 52.1 Å². The first kappa shape index (κ1) is 20.4. The first-order chi connectivity index (χ1) is 14.7. The van der Waals surface area contributed by atoms with Crippen molar-refractivity contribution in [3.8, 4) is 11.4 Å². The van der Waals surface area contributed by atoms with Gasteiger partial charge < -0.3 is 10.3 Å². The van der Waals surface area contributed by atoms with Crippen LogP contribution >= 0.6 is 0 Å². The first-order valence-electron chi connectivity index (χ1n) is 9.76. The van der Waals surface area contributed by atoms with Crippen LogP contribution in [0.5, 0.6) is 0 Å².